The second kappa shape index (κ2) is 6.70. The number of ether oxygens (including phenoxy) is 1. The van der Waals surface area contributed by atoms with Gasteiger partial charge in [0.2, 0.25) is 0 Å². The molecule has 0 aliphatic carbocycles. The van der Waals surface area contributed by atoms with Gasteiger partial charge in [-0.2, -0.15) is 0 Å². The van der Waals surface area contributed by atoms with E-state index in [2.05, 4.69) is 0 Å². The second-order valence-electron chi connectivity index (χ2n) is 5.73. The summed E-state index contributed by atoms with van der Waals surface area (Å²) in [6.45, 7) is 0.687. The molecule has 0 radical (unpaired) electrons. The summed E-state index contributed by atoms with van der Waals surface area (Å²) in [5.41, 5.74) is 1.53. The molecule has 0 aromatic heterocycles. The summed E-state index contributed by atoms with van der Waals surface area (Å²) in [4.78, 5) is 24.9. The Morgan fingerprint density at radius 3 is 2.42 bits per heavy atom. The van der Waals surface area contributed by atoms with Gasteiger partial charge in [0, 0.05) is 24.2 Å². The van der Waals surface area contributed by atoms with E-state index in [1.807, 2.05) is 29.2 Å². The van der Waals surface area contributed by atoms with Gasteiger partial charge in [-0.25, -0.2) is 0 Å². The maximum absolute atomic E-state index is 12.8. The highest BCUT2D eigenvalue weighted by molar-refractivity contribution is 5.94. The smallest absolute Gasteiger partial charge is 0.269 e. The van der Waals surface area contributed by atoms with Crippen molar-refractivity contribution in [3.05, 3.63) is 69.8 Å². The zero-order chi connectivity index (χ0) is 17.1. The standard InChI is InChI=1S/C18H18N2O4/c1-24-16-10-6-13(7-11-16)17-3-2-12-19(17)18(21)14-4-8-15(9-5-14)20(22)23/h4-11,17H,2-3,12H2,1H3/t17-/m1/s1. The van der Waals surface area contributed by atoms with Gasteiger partial charge in [-0.3, -0.25) is 14.9 Å². The summed E-state index contributed by atoms with van der Waals surface area (Å²) >= 11 is 0. The third kappa shape index (κ3) is 3.08. The fraction of sp³-hybridized carbons (Fsp3) is 0.278. The molecule has 0 bridgehead atoms. The molecule has 3 rings (SSSR count). The third-order valence-corrected chi connectivity index (χ3v) is 4.34. The van der Waals surface area contributed by atoms with E-state index in [1.165, 1.54) is 24.3 Å². The Labute approximate surface area is 139 Å². The minimum Gasteiger partial charge on any atom is -0.497 e. The second-order valence-corrected chi connectivity index (χ2v) is 5.73. The number of rotatable bonds is 4. The molecule has 1 amide bonds. The van der Waals surface area contributed by atoms with Crippen molar-refractivity contribution >= 4 is 11.6 Å². The van der Waals surface area contributed by atoms with Crippen molar-refractivity contribution in [3.8, 4) is 5.75 Å². The number of carbonyl (C=O) groups excluding carboxylic acids is 1. The van der Waals surface area contributed by atoms with Gasteiger partial charge >= 0.3 is 0 Å². The van der Waals surface area contributed by atoms with E-state index in [4.69, 9.17) is 4.74 Å². The molecule has 124 valence electrons. The zero-order valence-electron chi connectivity index (χ0n) is 13.3. The largest absolute Gasteiger partial charge is 0.497 e. The van der Waals surface area contributed by atoms with Crippen LogP contribution in [0.15, 0.2) is 48.5 Å². The highest BCUT2D eigenvalue weighted by Crippen LogP contribution is 2.34. The molecule has 0 saturated carbocycles. The number of likely N-dealkylation sites (tertiary alicyclic amines) is 1. The summed E-state index contributed by atoms with van der Waals surface area (Å²) in [7, 11) is 1.62. The molecule has 1 atom stereocenters. The summed E-state index contributed by atoms with van der Waals surface area (Å²) < 4.78 is 5.17. The van der Waals surface area contributed by atoms with Gasteiger partial charge in [0.15, 0.2) is 0 Å². The van der Waals surface area contributed by atoms with Gasteiger partial charge in [0.1, 0.15) is 5.75 Å². The van der Waals surface area contributed by atoms with Gasteiger partial charge in [0.25, 0.3) is 11.6 Å². The Balaban J connectivity index is 1.81. The van der Waals surface area contributed by atoms with Crippen LogP contribution < -0.4 is 4.74 Å². The van der Waals surface area contributed by atoms with Crippen LogP contribution in [0.25, 0.3) is 0 Å². The van der Waals surface area contributed by atoms with Crippen LogP contribution in [0.2, 0.25) is 0 Å². The monoisotopic (exact) mass is 326 g/mol. The average molecular weight is 326 g/mol. The molecule has 1 saturated heterocycles. The fourth-order valence-corrected chi connectivity index (χ4v) is 3.07. The van der Waals surface area contributed by atoms with Gasteiger partial charge in [0.05, 0.1) is 18.1 Å². The predicted octanol–water partition coefficient (Wildman–Crippen LogP) is 3.58. The highest BCUT2D eigenvalue weighted by Gasteiger charge is 2.30. The maximum Gasteiger partial charge on any atom is 0.269 e. The topological polar surface area (TPSA) is 72.7 Å². The van der Waals surface area contributed by atoms with Crippen molar-refractivity contribution in [1.82, 2.24) is 4.90 Å². The lowest BCUT2D eigenvalue weighted by atomic mass is 10.0. The predicted molar refractivity (Wildman–Crippen MR) is 89.1 cm³/mol. The van der Waals surface area contributed by atoms with E-state index >= 15 is 0 Å². The lowest BCUT2D eigenvalue weighted by Crippen LogP contribution is -2.30. The molecule has 2 aromatic carbocycles. The molecule has 1 heterocycles. The number of hydrogen-bond acceptors (Lipinski definition) is 4. The van der Waals surface area contributed by atoms with Crippen LogP contribution in [-0.4, -0.2) is 29.4 Å². The molecule has 1 aliphatic heterocycles. The van der Waals surface area contributed by atoms with Crippen LogP contribution in [-0.2, 0) is 0 Å². The minimum absolute atomic E-state index is 0.0142. The van der Waals surface area contributed by atoms with Gasteiger partial charge in [-0.15, -0.1) is 0 Å². The molecule has 24 heavy (non-hydrogen) atoms. The van der Waals surface area contributed by atoms with Gasteiger partial charge in [-0.1, -0.05) is 12.1 Å². The van der Waals surface area contributed by atoms with Crippen LogP contribution in [0, 0.1) is 10.1 Å². The molecule has 0 spiro atoms. The van der Waals surface area contributed by atoms with Crippen LogP contribution in [0.5, 0.6) is 5.75 Å². The van der Waals surface area contributed by atoms with E-state index in [0.29, 0.717) is 12.1 Å². The van der Waals surface area contributed by atoms with E-state index in [-0.39, 0.29) is 17.6 Å². The number of methoxy groups -OCH3 is 1. The Kier molecular flexibility index (Phi) is 4.46. The van der Waals surface area contributed by atoms with E-state index in [9.17, 15) is 14.9 Å². The molecule has 6 heteroatoms. The number of amides is 1. The number of benzene rings is 2. The number of hydrogen-bond donors (Lipinski definition) is 0. The molecule has 0 unspecified atom stereocenters. The molecule has 6 nitrogen and oxygen atoms in total. The normalized spacial score (nSPS) is 16.9. The molecular formula is C18H18N2O4. The number of non-ortho nitro benzene ring substituents is 1. The van der Waals surface area contributed by atoms with Gasteiger partial charge in [-0.05, 0) is 42.7 Å². The number of nitro benzene ring substituents is 1. The molecular weight excluding hydrogens is 308 g/mol. The quantitative estimate of drug-likeness (QED) is 0.636. The summed E-state index contributed by atoms with van der Waals surface area (Å²) in [6, 6.07) is 13.5. The van der Waals surface area contributed by atoms with Crippen molar-refractivity contribution < 1.29 is 14.5 Å². The van der Waals surface area contributed by atoms with E-state index in [0.717, 1.165) is 24.2 Å². The van der Waals surface area contributed by atoms with E-state index in [1.54, 1.807) is 7.11 Å². The molecule has 1 aliphatic rings. The summed E-state index contributed by atoms with van der Waals surface area (Å²) in [5, 5.41) is 10.7. The summed E-state index contributed by atoms with van der Waals surface area (Å²) in [5.74, 6) is 0.688. The Morgan fingerprint density at radius 2 is 1.83 bits per heavy atom. The Hall–Kier alpha value is -2.89. The van der Waals surface area contributed by atoms with Crippen molar-refractivity contribution in [3.63, 3.8) is 0 Å². The first-order chi connectivity index (χ1) is 11.6. The van der Waals surface area contributed by atoms with Crippen molar-refractivity contribution in [2.75, 3.05) is 13.7 Å². The fourth-order valence-electron chi connectivity index (χ4n) is 3.07. The first kappa shape index (κ1) is 16.0. The average Bonchev–Trinajstić information content (AvgIpc) is 3.11. The third-order valence-electron chi connectivity index (χ3n) is 4.34. The first-order valence-electron chi connectivity index (χ1n) is 7.79. The Bertz CT molecular complexity index is 741. The summed E-state index contributed by atoms with van der Waals surface area (Å²) in [6.07, 6.45) is 1.85. The number of carbonyl (C=O) groups is 1. The Morgan fingerprint density at radius 1 is 1.17 bits per heavy atom. The van der Waals surface area contributed by atoms with Crippen molar-refractivity contribution in [2.45, 2.75) is 18.9 Å². The van der Waals surface area contributed by atoms with Crippen molar-refractivity contribution in [2.24, 2.45) is 0 Å². The maximum atomic E-state index is 12.8. The lowest BCUT2D eigenvalue weighted by Gasteiger charge is -2.25. The van der Waals surface area contributed by atoms with Crippen molar-refractivity contribution in [1.29, 1.82) is 0 Å². The van der Waals surface area contributed by atoms with Crippen LogP contribution >= 0.6 is 0 Å². The van der Waals surface area contributed by atoms with E-state index < -0.39 is 4.92 Å². The SMILES string of the molecule is COc1ccc([C@H]2CCCN2C(=O)c2ccc([N+](=O)[O-])cc2)cc1. The van der Waals surface area contributed by atoms with Gasteiger partial charge < -0.3 is 9.64 Å². The zero-order valence-corrected chi connectivity index (χ0v) is 13.3. The highest BCUT2D eigenvalue weighted by atomic mass is 16.6. The molecule has 0 N–H and O–H groups in total. The lowest BCUT2D eigenvalue weighted by molar-refractivity contribution is -0.384. The first-order valence-corrected chi connectivity index (χ1v) is 7.79. The van der Waals surface area contributed by atoms with Crippen LogP contribution in [0.4, 0.5) is 5.69 Å². The van der Waals surface area contributed by atoms with Crippen LogP contribution in [0.1, 0.15) is 34.8 Å². The minimum atomic E-state index is -0.468. The number of nitro groups is 1. The molecule has 1 fully saturated rings. The van der Waals surface area contributed by atoms with Crippen LogP contribution in [0.3, 0.4) is 0 Å². The number of nitrogens with zero attached hydrogens (tertiary/aromatic N) is 2. The molecule has 2 aromatic rings.